The van der Waals surface area contributed by atoms with Crippen LogP contribution in [0.5, 0.6) is 0 Å². The van der Waals surface area contributed by atoms with E-state index >= 15 is 0 Å². The zero-order valence-corrected chi connectivity index (χ0v) is 72.3. The summed E-state index contributed by atoms with van der Waals surface area (Å²) in [6, 6.07) is 46.9. The van der Waals surface area contributed by atoms with Gasteiger partial charge in [0.05, 0.1) is 42.5 Å². The van der Waals surface area contributed by atoms with E-state index in [0.717, 1.165) is 91.6 Å². The summed E-state index contributed by atoms with van der Waals surface area (Å²) >= 11 is 0. The van der Waals surface area contributed by atoms with Crippen LogP contribution in [0.15, 0.2) is 534 Å². The van der Waals surface area contributed by atoms with Crippen molar-refractivity contribution >= 4 is 0 Å². The molecule has 0 unspecified atom stereocenters. The van der Waals surface area contributed by atoms with E-state index in [-0.39, 0.29) is 74.0 Å². The minimum Gasteiger partial charge on any atom is -0.284 e. The molecule has 0 saturated heterocycles. The van der Waals surface area contributed by atoms with Crippen LogP contribution in [0, 0.1) is 68.5 Å². The topological polar surface area (TPSA) is 220 Å². The lowest BCUT2D eigenvalue weighted by molar-refractivity contribution is 0.976. The van der Waals surface area contributed by atoms with Crippen LogP contribution in [0.3, 0.4) is 0 Å². The van der Waals surface area contributed by atoms with Crippen molar-refractivity contribution < 1.29 is 83.6 Å². The van der Waals surface area contributed by atoms with E-state index in [4.69, 9.17) is 83.6 Å². The van der Waals surface area contributed by atoms with Crippen LogP contribution in [0.4, 0.5) is 0 Å². The Morgan fingerprint density at radius 1 is 0.143 bits per heavy atom. The molecular formula is C120H110N10O10. The summed E-state index contributed by atoms with van der Waals surface area (Å²) in [5.41, 5.74) is -7.89. The first-order valence-electron chi connectivity index (χ1n) is 70.7. The average Bonchev–Trinajstić information content (AvgIpc) is 0.748. The number of rotatable bonds is 10. The molecule has 0 radical (unpaired) electrons. The third-order valence-corrected chi connectivity index (χ3v) is 17.4. The highest BCUT2D eigenvalue weighted by Crippen LogP contribution is 2.15. The second-order valence-corrected chi connectivity index (χ2v) is 27.2. The molecule has 0 atom stereocenters. The average molecular weight is 1910 g/mol. The minimum atomic E-state index is -2.81. The fourth-order valence-corrected chi connectivity index (χ4v) is 11.2. The number of hydrogen-bond acceptors (Lipinski definition) is 10. The third kappa shape index (κ3) is 31.4. The van der Waals surface area contributed by atoms with Crippen molar-refractivity contribution in [2.24, 2.45) is 0 Å². The smallest absolute Gasteiger partial charge is 0.255 e. The largest absolute Gasteiger partial charge is 0.284 e. The lowest BCUT2D eigenvalue weighted by atomic mass is 10.3. The van der Waals surface area contributed by atoms with Crippen molar-refractivity contribution in [3.63, 3.8) is 0 Å². The summed E-state index contributed by atoms with van der Waals surface area (Å²) in [5.74, 6) is 0. The molecule has 700 valence electrons. The maximum atomic E-state index is 12.2. The van der Waals surface area contributed by atoms with Gasteiger partial charge in [-0.3, -0.25) is 93.6 Å². The molecule has 0 spiro atoms. The Hall–Kier alpha value is -18.3. The highest BCUT2D eigenvalue weighted by molar-refractivity contribution is 5.42. The van der Waals surface area contributed by atoms with Crippen molar-refractivity contribution in [3.05, 3.63) is 645 Å². The Kier molecular flexibility index (Phi) is 17.9. The SMILES string of the molecule is [2H]C([2H])([2H])c1ccc(=O)n(-c2ccccc2)c1.[2H]c1c(C([2H])([2H])[2H])ccc(=O)n1-c1ccccc1.[2H]c1c(C([2H])([2H])[2H])cn(-c2ccccc2)c(=O)c1[2H].[2H]c1c([2H])c([2H])c(-n2c([2H])c(C([2H])([2H])[2H])cc([2H])c2=O)c([2H])c1[2H].[2H]c1c([2H])c([2H])c(-n2cc(C([2H])([2H])[2H])cc([2H])c2=O)c([2H])c1[2H].[2H]c1c([2H])c([2H])c(-n2cc(C([2H])([2H])[2H])ccc2=O)c([2H])c1[2H].[2H]c1cc(=O)n(-c2c([2H])c([2H])c([2H])c([2H])c2[2H])cc1C([2H])([2H])[2H].[2H]c1cc(=O)n(-c2ccccc2)cc1C([2H])([2H])[2H].[2H]c1cc(C([2H])([2H])[2H])c([2H])n(-c2ccccc2)c1=O.[2H]c1cc(C([2H])([2H])[2H])cn(-c2ccccc2)c1=O. The summed E-state index contributed by atoms with van der Waals surface area (Å²) in [7, 11) is 0. The van der Waals surface area contributed by atoms with E-state index in [9.17, 15) is 47.9 Å². The van der Waals surface area contributed by atoms with E-state index in [1.54, 1.807) is 176 Å². The Bertz CT molecular complexity index is 11200. The summed E-state index contributed by atoms with van der Waals surface area (Å²) < 4.78 is 468. The molecule has 10 aromatic heterocycles. The number of hydrogen-bond donors (Lipinski definition) is 0. The number of para-hydroxylation sites is 10. The predicted octanol–water partition coefficient (Wildman–Crippen LogP) is 21.5. The lowest BCUT2D eigenvalue weighted by Gasteiger charge is -2.05. The Morgan fingerprint density at radius 2 is 0.329 bits per heavy atom. The fraction of sp³-hybridized carbons (Fsp3) is 0.0833. The standard InChI is InChI=1S/10C12H11NO/c10*1-10-7-8-12(14)13(9-10)11-5-3-2-4-6-11/h10*2-9H,1H3/i1D3,2D,3D,4D,5D,6D,8D,9D;1D3,2D,3D,4D,5D,6D,8D;1D3,2D,3D,4D,5D,6D,7D;1D3,2D,3D,4D,5D,6D;1D3,8D,9D;1D3,7D,8D;1D3,9D;1D3,8D;1D3,7D;1D3. The predicted molar refractivity (Wildman–Crippen MR) is 568 cm³/mol. The molecular weight excluding hydrogens is 1740 g/mol. The minimum absolute atomic E-state index is 0.0176. The summed E-state index contributed by atoms with van der Waals surface area (Å²) in [6.07, 6.45) is 6.08. The third-order valence-electron chi connectivity index (χ3n) is 17.4. The fourth-order valence-electron chi connectivity index (χ4n) is 11.2. The molecule has 0 N–H and O–H groups in total. The van der Waals surface area contributed by atoms with Gasteiger partial charge in [0.25, 0.3) is 55.6 Å². The number of aromatic nitrogens is 10. The van der Waals surface area contributed by atoms with E-state index in [1.165, 1.54) is 56.6 Å². The van der Waals surface area contributed by atoms with Crippen molar-refractivity contribution in [3.8, 4) is 56.9 Å². The zero-order chi connectivity index (χ0) is 152. The molecule has 0 amide bonds. The number of aryl methyl sites for hydroxylation is 10. The second-order valence-electron chi connectivity index (χ2n) is 27.2. The molecule has 0 aliphatic heterocycles. The molecule has 0 fully saturated rings. The van der Waals surface area contributed by atoms with Crippen molar-refractivity contribution in [2.45, 2.75) is 68.5 Å². The van der Waals surface area contributed by atoms with Crippen molar-refractivity contribution in [2.75, 3.05) is 0 Å². The van der Waals surface area contributed by atoms with Crippen LogP contribution in [0.25, 0.3) is 56.9 Å². The van der Waals surface area contributed by atoms with E-state index < -0.39 is 316 Å². The van der Waals surface area contributed by atoms with Crippen LogP contribution >= 0.6 is 0 Å². The van der Waals surface area contributed by atoms with Gasteiger partial charge in [0.2, 0.25) is 0 Å². The van der Waals surface area contributed by atoms with Crippen LogP contribution in [-0.4, -0.2) is 45.7 Å². The monoisotopic (exact) mass is 1910 g/mol. The first-order chi connectivity index (χ1) is 92.7. The lowest BCUT2D eigenvalue weighted by Crippen LogP contribution is -2.16. The molecule has 20 heteroatoms. The van der Waals surface area contributed by atoms with Gasteiger partial charge in [0.15, 0.2) is 0 Å². The van der Waals surface area contributed by atoms with Crippen molar-refractivity contribution in [1.29, 1.82) is 0 Å². The van der Waals surface area contributed by atoms with Crippen LogP contribution < -0.4 is 55.6 Å². The van der Waals surface area contributed by atoms with E-state index in [2.05, 4.69) is 0 Å². The van der Waals surface area contributed by atoms with Gasteiger partial charge in [-0.2, -0.15) is 0 Å². The Balaban J connectivity index is 0.000000205. The van der Waals surface area contributed by atoms with Crippen molar-refractivity contribution in [1.82, 2.24) is 45.7 Å². The molecule has 0 saturated carbocycles. The molecule has 0 aliphatic rings. The van der Waals surface area contributed by atoms with Crippen LogP contribution in [0.1, 0.15) is 139 Å². The summed E-state index contributed by atoms with van der Waals surface area (Å²) in [6.45, 7) is -25.0. The number of nitrogens with zero attached hydrogens (tertiary/aromatic N) is 10. The number of pyridine rings is 10. The molecule has 10 heterocycles. The summed E-state index contributed by atoms with van der Waals surface area (Å²) in [4.78, 5) is 119. The molecule has 0 bridgehead atoms. The van der Waals surface area contributed by atoms with Gasteiger partial charge in [0, 0.05) is 220 Å². The van der Waals surface area contributed by atoms with E-state index in [0.29, 0.717) is 47.8 Å². The van der Waals surface area contributed by atoms with Gasteiger partial charge in [-0.1, -0.05) is 242 Å². The van der Waals surface area contributed by atoms with Gasteiger partial charge < -0.3 is 0 Å². The van der Waals surface area contributed by atoms with Gasteiger partial charge in [-0.15, -0.1) is 0 Å². The maximum Gasteiger partial charge on any atom is 0.255 e. The van der Waals surface area contributed by atoms with Crippen LogP contribution in [-0.2, 0) is 0 Å². The molecule has 10 aromatic carbocycles. The molecule has 140 heavy (non-hydrogen) atoms. The van der Waals surface area contributed by atoms with Gasteiger partial charge in [-0.25, -0.2) is 0 Å². The first kappa shape index (κ1) is 47.7. The Morgan fingerprint density at radius 3 is 0.629 bits per heavy atom. The second kappa shape index (κ2) is 52.4. The van der Waals surface area contributed by atoms with Crippen LogP contribution in [0.2, 0.25) is 0 Å². The highest BCUT2D eigenvalue weighted by atomic mass is 16.2. The molecule has 20 nitrogen and oxygen atoms in total. The van der Waals surface area contributed by atoms with Gasteiger partial charge in [-0.05, 0) is 245 Å². The Labute approximate surface area is 898 Å². The quantitative estimate of drug-likeness (QED) is 0.126. The van der Waals surface area contributed by atoms with E-state index in [1.807, 2.05) is 6.07 Å². The normalized spacial score (nSPS) is 17.2. The maximum absolute atomic E-state index is 12.2. The highest BCUT2D eigenvalue weighted by Gasteiger charge is 2.08. The molecule has 0 aliphatic carbocycles. The molecule has 20 rings (SSSR count). The first-order valence-corrected chi connectivity index (χ1v) is 40.2. The number of benzene rings is 10. The molecule has 20 aromatic rings. The zero-order valence-electron chi connectivity index (χ0n) is 133. The van der Waals surface area contributed by atoms with Gasteiger partial charge >= 0.3 is 0 Å². The van der Waals surface area contributed by atoms with Gasteiger partial charge in [0.1, 0.15) is 0 Å². The summed E-state index contributed by atoms with van der Waals surface area (Å²) in [5, 5.41) is 0.